The number of hydrogen-bond donors (Lipinski definition) is 1. The number of pyridine rings is 1. The molecule has 5 nitrogen and oxygen atoms in total. The fourth-order valence-corrected chi connectivity index (χ4v) is 5.43. The largest absolute Gasteiger partial charge is 0.507 e. The quantitative estimate of drug-likeness (QED) is 0.353. The molecule has 0 saturated heterocycles. The Morgan fingerprint density at radius 3 is 2.23 bits per heavy atom. The van der Waals surface area contributed by atoms with Crippen LogP contribution < -0.4 is 5.56 Å². The molecule has 168 valence electrons. The van der Waals surface area contributed by atoms with Crippen molar-refractivity contribution < 1.29 is 13.5 Å². The van der Waals surface area contributed by atoms with Gasteiger partial charge in [-0.15, -0.1) is 0 Å². The summed E-state index contributed by atoms with van der Waals surface area (Å²) >= 11 is 0. The van der Waals surface area contributed by atoms with Gasteiger partial charge in [0.2, 0.25) is 0 Å². The lowest BCUT2D eigenvalue weighted by molar-refractivity contribution is 0.480. The van der Waals surface area contributed by atoms with E-state index in [2.05, 4.69) is 6.92 Å². The first-order chi connectivity index (χ1) is 14.6. The number of aryl methyl sites for hydroxylation is 1. The molecule has 0 aliphatic rings. The van der Waals surface area contributed by atoms with E-state index < -0.39 is 14.6 Å². The van der Waals surface area contributed by atoms with Crippen LogP contribution in [0.5, 0.6) is 5.75 Å². The first-order valence-corrected chi connectivity index (χ1v) is 12.6. The van der Waals surface area contributed by atoms with Crippen LogP contribution in [0.25, 0.3) is 21.7 Å². The summed E-state index contributed by atoms with van der Waals surface area (Å²) in [4.78, 5) is 13.6. The maximum atomic E-state index is 13.5. The predicted molar refractivity (Wildman–Crippen MR) is 128 cm³/mol. The monoisotopic (exact) mass is 443 g/mol. The predicted octanol–water partition coefficient (Wildman–Crippen LogP) is 5.79. The third-order valence-electron chi connectivity index (χ3n) is 5.90. The van der Waals surface area contributed by atoms with Gasteiger partial charge in [0.05, 0.1) is 20.5 Å². The molecule has 2 aromatic carbocycles. The fourth-order valence-electron chi connectivity index (χ4n) is 4.05. The number of benzene rings is 2. The van der Waals surface area contributed by atoms with E-state index in [0.29, 0.717) is 22.8 Å². The second-order valence-corrected chi connectivity index (χ2v) is 11.9. The highest BCUT2D eigenvalue weighted by Gasteiger charge is 2.34. The fraction of sp³-hybridized carbons (Fsp3) is 0.480. The van der Waals surface area contributed by atoms with Gasteiger partial charge >= 0.3 is 0 Å². The Balaban J connectivity index is 2.23. The van der Waals surface area contributed by atoms with Crippen molar-refractivity contribution in [1.82, 2.24) is 4.57 Å². The third kappa shape index (κ3) is 4.36. The Hall–Kier alpha value is -2.34. The number of fused-ring (bicyclic) bond motifs is 3. The van der Waals surface area contributed by atoms with Gasteiger partial charge in [0.25, 0.3) is 5.56 Å². The maximum absolute atomic E-state index is 13.5. The molecular formula is C25H33NO4S. The van der Waals surface area contributed by atoms with Gasteiger partial charge in [0, 0.05) is 17.3 Å². The number of unbranched alkanes of at least 4 members (excludes halogenated alkanes) is 5. The summed E-state index contributed by atoms with van der Waals surface area (Å²) in [5.41, 5.74) is 0.357. The van der Waals surface area contributed by atoms with Gasteiger partial charge in [-0.1, -0.05) is 57.2 Å². The first-order valence-electron chi connectivity index (χ1n) is 11.1. The standard InChI is InChI=1S/C25H33NO4S/c1-5-6-7-8-9-12-17-26-19-14-11-10-13-18(19)22-21(31(29,30)25(2,3)4)16-15-20(27)23(22)24(26)28/h10-11,13-16,27H,5-9,12,17H2,1-4H3. The van der Waals surface area contributed by atoms with Gasteiger partial charge in [-0.3, -0.25) is 4.79 Å². The highest BCUT2D eigenvalue weighted by molar-refractivity contribution is 7.93. The minimum atomic E-state index is -3.73. The molecule has 0 aliphatic carbocycles. The molecule has 0 unspecified atom stereocenters. The van der Waals surface area contributed by atoms with Crippen molar-refractivity contribution in [2.45, 2.75) is 82.4 Å². The van der Waals surface area contributed by atoms with Crippen LogP contribution in [0.2, 0.25) is 0 Å². The molecule has 3 aromatic rings. The number of phenols is 1. The van der Waals surface area contributed by atoms with Gasteiger partial charge in [-0.05, 0) is 45.4 Å². The number of aromatic nitrogens is 1. The molecule has 0 saturated carbocycles. The summed E-state index contributed by atoms with van der Waals surface area (Å²) in [6.45, 7) is 7.65. The van der Waals surface area contributed by atoms with Crippen molar-refractivity contribution in [3.63, 3.8) is 0 Å². The van der Waals surface area contributed by atoms with Gasteiger partial charge in [0.1, 0.15) is 5.75 Å². The van der Waals surface area contributed by atoms with Crippen molar-refractivity contribution in [2.75, 3.05) is 0 Å². The lowest BCUT2D eigenvalue weighted by Crippen LogP contribution is -2.29. The lowest BCUT2D eigenvalue weighted by Gasteiger charge is -2.22. The van der Waals surface area contributed by atoms with E-state index >= 15 is 0 Å². The van der Waals surface area contributed by atoms with E-state index in [1.807, 2.05) is 24.3 Å². The molecule has 1 N–H and O–H groups in total. The van der Waals surface area contributed by atoms with Gasteiger partial charge < -0.3 is 9.67 Å². The summed E-state index contributed by atoms with van der Waals surface area (Å²) in [7, 11) is -3.73. The van der Waals surface area contributed by atoms with E-state index in [9.17, 15) is 18.3 Å². The van der Waals surface area contributed by atoms with Crippen molar-refractivity contribution >= 4 is 31.5 Å². The first kappa shape index (κ1) is 23.3. The Morgan fingerprint density at radius 2 is 1.55 bits per heavy atom. The van der Waals surface area contributed by atoms with Crippen LogP contribution in [0.3, 0.4) is 0 Å². The number of aromatic hydroxyl groups is 1. The molecule has 0 fully saturated rings. The number of nitrogens with zero attached hydrogens (tertiary/aromatic N) is 1. The average molecular weight is 444 g/mol. The number of hydrogen-bond acceptors (Lipinski definition) is 4. The molecule has 6 heteroatoms. The van der Waals surface area contributed by atoms with Crippen LogP contribution in [0, 0.1) is 0 Å². The molecule has 0 radical (unpaired) electrons. The molecule has 0 aliphatic heterocycles. The van der Waals surface area contributed by atoms with E-state index in [-0.39, 0.29) is 21.6 Å². The second-order valence-electron chi connectivity index (χ2n) is 9.19. The van der Waals surface area contributed by atoms with Crippen LogP contribution in [-0.2, 0) is 16.4 Å². The van der Waals surface area contributed by atoms with Crippen LogP contribution in [-0.4, -0.2) is 22.8 Å². The van der Waals surface area contributed by atoms with Crippen molar-refractivity contribution in [2.24, 2.45) is 0 Å². The Kier molecular flexibility index (Phi) is 6.79. The number of phenolic OH excluding ortho intramolecular Hbond substituents is 1. The Bertz CT molecular complexity index is 1250. The zero-order valence-corrected chi connectivity index (χ0v) is 19.8. The van der Waals surface area contributed by atoms with Crippen LogP contribution in [0.15, 0.2) is 46.1 Å². The molecule has 0 bridgehead atoms. The molecule has 0 atom stereocenters. The highest BCUT2D eigenvalue weighted by Crippen LogP contribution is 2.37. The van der Waals surface area contributed by atoms with Crippen LogP contribution in [0.1, 0.15) is 66.2 Å². The van der Waals surface area contributed by atoms with Crippen molar-refractivity contribution in [3.05, 3.63) is 46.8 Å². The van der Waals surface area contributed by atoms with Gasteiger partial charge in [-0.25, -0.2) is 8.42 Å². The second kappa shape index (κ2) is 9.03. The van der Waals surface area contributed by atoms with Crippen LogP contribution in [0.4, 0.5) is 0 Å². The zero-order valence-electron chi connectivity index (χ0n) is 18.9. The molecule has 0 amide bonds. The van der Waals surface area contributed by atoms with Crippen molar-refractivity contribution in [1.29, 1.82) is 0 Å². The molecule has 31 heavy (non-hydrogen) atoms. The summed E-state index contributed by atoms with van der Waals surface area (Å²) in [5, 5.41) is 11.7. The SMILES string of the molecule is CCCCCCCCn1c(=O)c2c(O)ccc(S(=O)(=O)C(C)(C)C)c2c2ccccc21. The number of sulfone groups is 1. The van der Waals surface area contributed by atoms with E-state index in [1.54, 1.807) is 25.3 Å². The molecule has 1 aromatic heterocycles. The van der Waals surface area contributed by atoms with E-state index in [4.69, 9.17) is 0 Å². The summed E-state index contributed by atoms with van der Waals surface area (Å²) in [6.07, 6.45) is 6.63. The normalized spacial score (nSPS) is 12.6. The number of para-hydroxylation sites is 1. The lowest BCUT2D eigenvalue weighted by atomic mass is 10.0. The van der Waals surface area contributed by atoms with E-state index in [0.717, 1.165) is 19.3 Å². The molecule has 1 heterocycles. The Labute approximate surface area is 184 Å². The minimum absolute atomic E-state index is 0.0787. The Morgan fingerprint density at radius 1 is 0.903 bits per heavy atom. The van der Waals surface area contributed by atoms with Crippen molar-refractivity contribution in [3.8, 4) is 5.75 Å². The number of rotatable bonds is 8. The average Bonchev–Trinajstić information content (AvgIpc) is 2.71. The molecule has 3 rings (SSSR count). The zero-order chi connectivity index (χ0) is 22.8. The van der Waals surface area contributed by atoms with Gasteiger partial charge in [0.15, 0.2) is 9.84 Å². The van der Waals surface area contributed by atoms with Gasteiger partial charge in [-0.2, -0.15) is 0 Å². The third-order valence-corrected chi connectivity index (χ3v) is 8.43. The minimum Gasteiger partial charge on any atom is -0.507 e. The summed E-state index contributed by atoms with van der Waals surface area (Å²) in [5.74, 6) is -0.185. The summed E-state index contributed by atoms with van der Waals surface area (Å²) in [6, 6.07) is 10.1. The summed E-state index contributed by atoms with van der Waals surface area (Å²) < 4.78 is 27.3. The maximum Gasteiger partial charge on any atom is 0.262 e. The topological polar surface area (TPSA) is 76.4 Å². The smallest absolute Gasteiger partial charge is 0.262 e. The molecular weight excluding hydrogens is 410 g/mol. The molecule has 0 spiro atoms. The van der Waals surface area contributed by atoms with E-state index in [1.165, 1.54) is 31.4 Å². The van der Waals surface area contributed by atoms with Crippen LogP contribution >= 0.6 is 0 Å². The highest BCUT2D eigenvalue weighted by atomic mass is 32.2.